The second-order valence-electron chi connectivity index (χ2n) is 4.52. The predicted octanol–water partition coefficient (Wildman–Crippen LogP) is -0.327. The maximum atomic E-state index is 12.2. The van der Waals surface area contributed by atoms with Crippen molar-refractivity contribution in [2.45, 2.75) is 0 Å². The van der Waals surface area contributed by atoms with Gasteiger partial charge < -0.3 is 14.9 Å². The topological polar surface area (TPSA) is 45.0 Å². The Hall–Kier alpha value is -1.10. The number of benzene rings is 1. The van der Waals surface area contributed by atoms with E-state index in [9.17, 15) is 4.79 Å². The number of amides is 1. The van der Waals surface area contributed by atoms with Crippen molar-refractivity contribution in [1.29, 1.82) is 0 Å². The van der Waals surface area contributed by atoms with Crippen LogP contribution in [0.15, 0.2) is 24.3 Å². The van der Waals surface area contributed by atoms with E-state index in [0.29, 0.717) is 10.6 Å². The average Bonchev–Trinajstić information content (AvgIpc) is 2.40. The molecule has 0 atom stereocenters. The Kier molecular flexibility index (Phi) is 4.58. The molecule has 1 heterocycles. The summed E-state index contributed by atoms with van der Waals surface area (Å²) in [5, 5.41) is 9.53. The summed E-state index contributed by atoms with van der Waals surface area (Å²) in [6.45, 7) is 4.27. The molecular formula is C13H18ClN2O2+. The van der Waals surface area contributed by atoms with Gasteiger partial charge in [-0.25, -0.2) is 0 Å². The number of piperazine rings is 1. The van der Waals surface area contributed by atoms with Crippen LogP contribution in [-0.2, 0) is 0 Å². The summed E-state index contributed by atoms with van der Waals surface area (Å²) in [6.07, 6.45) is 0. The molecule has 1 aliphatic heterocycles. The molecule has 1 aliphatic rings. The lowest BCUT2D eigenvalue weighted by molar-refractivity contribution is -0.904. The quantitative estimate of drug-likeness (QED) is 0.790. The molecule has 98 valence electrons. The summed E-state index contributed by atoms with van der Waals surface area (Å²) >= 11 is 5.80. The number of aliphatic hydroxyl groups excluding tert-OH is 1. The molecule has 0 spiro atoms. The highest BCUT2D eigenvalue weighted by Gasteiger charge is 2.23. The van der Waals surface area contributed by atoms with Crippen molar-refractivity contribution in [1.82, 2.24) is 4.90 Å². The average molecular weight is 270 g/mol. The zero-order valence-corrected chi connectivity index (χ0v) is 11.0. The van der Waals surface area contributed by atoms with Crippen LogP contribution in [0.25, 0.3) is 0 Å². The van der Waals surface area contributed by atoms with Gasteiger partial charge in [0.1, 0.15) is 6.54 Å². The molecule has 4 nitrogen and oxygen atoms in total. The fraction of sp³-hybridized carbons (Fsp3) is 0.462. The minimum atomic E-state index is 0.0646. The van der Waals surface area contributed by atoms with Gasteiger partial charge in [0.05, 0.1) is 32.8 Å². The van der Waals surface area contributed by atoms with Gasteiger partial charge in [0.2, 0.25) is 0 Å². The van der Waals surface area contributed by atoms with Crippen molar-refractivity contribution in [3.8, 4) is 0 Å². The lowest BCUT2D eigenvalue weighted by Crippen LogP contribution is -3.15. The summed E-state index contributed by atoms with van der Waals surface area (Å²) in [5.74, 6) is 0.0646. The summed E-state index contributed by atoms with van der Waals surface area (Å²) in [6, 6.07) is 7.00. The van der Waals surface area contributed by atoms with Gasteiger partial charge in [-0.2, -0.15) is 0 Å². The van der Waals surface area contributed by atoms with E-state index in [1.165, 1.54) is 4.90 Å². The molecule has 1 aromatic rings. The van der Waals surface area contributed by atoms with E-state index in [1.807, 2.05) is 4.90 Å². The maximum absolute atomic E-state index is 12.2. The first kappa shape index (κ1) is 13.3. The van der Waals surface area contributed by atoms with Crippen LogP contribution in [0.3, 0.4) is 0 Å². The van der Waals surface area contributed by atoms with Crippen molar-refractivity contribution in [3.05, 3.63) is 34.9 Å². The van der Waals surface area contributed by atoms with E-state index in [0.717, 1.165) is 32.7 Å². The first-order chi connectivity index (χ1) is 8.70. The second-order valence-corrected chi connectivity index (χ2v) is 4.96. The van der Waals surface area contributed by atoms with E-state index in [-0.39, 0.29) is 12.5 Å². The first-order valence-electron chi connectivity index (χ1n) is 6.20. The van der Waals surface area contributed by atoms with E-state index >= 15 is 0 Å². The number of halogens is 1. The normalized spacial score (nSPS) is 16.9. The molecule has 0 radical (unpaired) electrons. The summed E-state index contributed by atoms with van der Waals surface area (Å²) in [4.78, 5) is 15.4. The number of aliphatic hydroxyl groups is 1. The third-order valence-electron chi connectivity index (χ3n) is 3.31. The molecule has 1 amide bonds. The number of carbonyl (C=O) groups is 1. The molecule has 0 bridgehead atoms. The van der Waals surface area contributed by atoms with Crippen LogP contribution in [0.2, 0.25) is 5.02 Å². The van der Waals surface area contributed by atoms with E-state index in [1.54, 1.807) is 24.3 Å². The lowest BCUT2D eigenvalue weighted by Gasteiger charge is -2.31. The Balaban J connectivity index is 1.93. The molecule has 0 saturated carbocycles. The van der Waals surface area contributed by atoms with Crippen LogP contribution in [0.5, 0.6) is 0 Å². The third-order valence-corrected chi connectivity index (χ3v) is 3.57. The van der Waals surface area contributed by atoms with E-state index in [4.69, 9.17) is 16.7 Å². The number of nitrogens with one attached hydrogen (secondary N) is 1. The number of hydrogen-bond acceptors (Lipinski definition) is 2. The molecule has 18 heavy (non-hydrogen) atoms. The Morgan fingerprint density at radius 2 is 1.89 bits per heavy atom. The Labute approximate surface area is 112 Å². The van der Waals surface area contributed by atoms with Crippen molar-refractivity contribution >= 4 is 17.5 Å². The Morgan fingerprint density at radius 1 is 1.28 bits per heavy atom. The van der Waals surface area contributed by atoms with E-state index < -0.39 is 0 Å². The zero-order valence-electron chi connectivity index (χ0n) is 10.2. The van der Waals surface area contributed by atoms with Crippen LogP contribution >= 0.6 is 11.6 Å². The third kappa shape index (κ3) is 3.22. The van der Waals surface area contributed by atoms with Crippen LogP contribution in [0.4, 0.5) is 0 Å². The molecule has 5 heteroatoms. The first-order valence-corrected chi connectivity index (χ1v) is 6.58. The van der Waals surface area contributed by atoms with Crippen molar-refractivity contribution in [2.24, 2.45) is 0 Å². The number of nitrogens with zero attached hydrogens (tertiary/aromatic N) is 1. The molecule has 0 aliphatic carbocycles. The highest BCUT2D eigenvalue weighted by Crippen LogP contribution is 2.11. The largest absolute Gasteiger partial charge is 0.391 e. The number of quaternary nitrogens is 1. The smallest absolute Gasteiger partial charge is 0.254 e. The monoisotopic (exact) mass is 269 g/mol. The van der Waals surface area contributed by atoms with Crippen molar-refractivity contribution < 1.29 is 14.8 Å². The maximum Gasteiger partial charge on any atom is 0.254 e. The molecule has 0 aromatic heterocycles. The van der Waals surface area contributed by atoms with E-state index in [2.05, 4.69) is 0 Å². The standard InChI is InChI=1S/C13H17ClN2O2/c14-12-3-1-11(2-4-12)13(18)16-7-5-15(6-8-16)9-10-17/h1-4,17H,5-10H2/p+1. The van der Waals surface area contributed by atoms with Gasteiger partial charge in [0.25, 0.3) is 5.91 Å². The van der Waals surface area contributed by atoms with Crippen LogP contribution in [0, 0.1) is 0 Å². The highest BCUT2D eigenvalue weighted by atomic mass is 35.5. The molecule has 2 N–H and O–H groups in total. The van der Waals surface area contributed by atoms with Gasteiger partial charge in [-0.05, 0) is 24.3 Å². The van der Waals surface area contributed by atoms with Crippen molar-refractivity contribution in [2.75, 3.05) is 39.3 Å². The summed E-state index contributed by atoms with van der Waals surface area (Å²) < 4.78 is 0. The lowest BCUT2D eigenvalue weighted by atomic mass is 10.2. The SMILES string of the molecule is O=C(c1ccc(Cl)cc1)N1CC[NH+](CCO)CC1. The molecular weight excluding hydrogens is 252 g/mol. The van der Waals surface area contributed by atoms with Gasteiger partial charge >= 0.3 is 0 Å². The van der Waals surface area contributed by atoms with Gasteiger partial charge in [-0.15, -0.1) is 0 Å². The number of carbonyl (C=O) groups excluding carboxylic acids is 1. The minimum absolute atomic E-state index is 0.0646. The van der Waals surface area contributed by atoms with Gasteiger partial charge in [0, 0.05) is 10.6 Å². The van der Waals surface area contributed by atoms with Crippen LogP contribution in [0.1, 0.15) is 10.4 Å². The minimum Gasteiger partial charge on any atom is -0.391 e. The molecule has 1 fully saturated rings. The fourth-order valence-corrected chi connectivity index (χ4v) is 2.34. The number of rotatable bonds is 3. The van der Waals surface area contributed by atoms with Crippen molar-refractivity contribution in [3.63, 3.8) is 0 Å². The van der Waals surface area contributed by atoms with Crippen LogP contribution in [-0.4, -0.2) is 55.2 Å². The second kappa shape index (κ2) is 6.18. The Morgan fingerprint density at radius 3 is 2.44 bits per heavy atom. The molecule has 1 aromatic carbocycles. The summed E-state index contributed by atoms with van der Waals surface area (Å²) in [5.41, 5.74) is 0.685. The summed E-state index contributed by atoms with van der Waals surface area (Å²) in [7, 11) is 0. The van der Waals surface area contributed by atoms with Gasteiger partial charge in [-0.3, -0.25) is 4.79 Å². The molecule has 2 rings (SSSR count). The molecule has 0 unspecified atom stereocenters. The number of hydrogen-bond donors (Lipinski definition) is 2. The van der Waals surface area contributed by atoms with Crippen LogP contribution < -0.4 is 4.90 Å². The Bertz CT molecular complexity index is 400. The zero-order chi connectivity index (χ0) is 13.0. The van der Waals surface area contributed by atoms with Gasteiger partial charge in [-0.1, -0.05) is 11.6 Å². The van der Waals surface area contributed by atoms with Gasteiger partial charge in [0.15, 0.2) is 0 Å². The predicted molar refractivity (Wildman–Crippen MR) is 70.0 cm³/mol. The molecule has 1 saturated heterocycles. The fourth-order valence-electron chi connectivity index (χ4n) is 2.21. The highest BCUT2D eigenvalue weighted by molar-refractivity contribution is 6.30.